The van der Waals surface area contributed by atoms with Crippen LogP contribution < -0.4 is 5.32 Å². The van der Waals surface area contributed by atoms with Gasteiger partial charge in [-0.2, -0.15) is 0 Å². The van der Waals surface area contributed by atoms with Gasteiger partial charge in [0, 0.05) is 5.69 Å². The number of ether oxygens (including phenoxy) is 1. The number of anilines is 1. The van der Waals surface area contributed by atoms with Gasteiger partial charge in [0.1, 0.15) is 12.4 Å². The van der Waals surface area contributed by atoms with Crippen LogP contribution in [0, 0.1) is 5.82 Å². The van der Waals surface area contributed by atoms with Crippen molar-refractivity contribution in [3.8, 4) is 0 Å². The average Bonchev–Trinajstić information content (AvgIpc) is 3.02. The lowest BCUT2D eigenvalue weighted by atomic mass is 10.2. The number of thioether (sulfide) groups is 1. The van der Waals surface area contributed by atoms with Gasteiger partial charge in [-0.15, -0.1) is 0 Å². The van der Waals surface area contributed by atoms with E-state index in [4.69, 9.17) is 16.3 Å². The lowest BCUT2D eigenvalue weighted by molar-refractivity contribution is -0.127. The minimum absolute atomic E-state index is 0.0892. The first kappa shape index (κ1) is 23.5. The Bertz CT molecular complexity index is 1100. The van der Waals surface area contributed by atoms with E-state index in [1.54, 1.807) is 0 Å². The highest BCUT2D eigenvalue weighted by Gasteiger charge is 2.36. The van der Waals surface area contributed by atoms with Crippen molar-refractivity contribution in [2.24, 2.45) is 0 Å². The summed E-state index contributed by atoms with van der Waals surface area (Å²) in [5, 5.41) is 2.11. The Hall–Kier alpha value is -3.17. The van der Waals surface area contributed by atoms with E-state index in [-0.39, 0.29) is 27.8 Å². The number of nitrogens with zero attached hydrogens (tertiary/aromatic N) is 1. The van der Waals surface area contributed by atoms with Crippen LogP contribution in [0.5, 0.6) is 0 Å². The van der Waals surface area contributed by atoms with Gasteiger partial charge in [-0.05, 0) is 60.2 Å². The number of halogens is 2. The maximum atomic E-state index is 13.0. The van der Waals surface area contributed by atoms with E-state index in [1.807, 2.05) is 6.92 Å². The zero-order valence-electron chi connectivity index (χ0n) is 16.9. The highest BCUT2D eigenvalue weighted by atomic mass is 35.5. The highest BCUT2D eigenvalue weighted by molar-refractivity contribution is 8.18. The zero-order valence-corrected chi connectivity index (χ0v) is 18.5. The van der Waals surface area contributed by atoms with Crippen LogP contribution in [0.25, 0.3) is 6.08 Å². The molecule has 0 atom stereocenters. The van der Waals surface area contributed by atoms with Crippen molar-refractivity contribution in [3.63, 3.8) is 0 Å². The van der Waals surface area contributed by atoms with Gasteiger partial charge in [-0.3, -0.25) is 19.3 Å². The average molecular weight is 477 g/mol. The third-order valence-electron chi connectivity index (χ3n) is 4.25. The molecule has 0 spiro atoms. The predicted molar refractivity (Wildman–Crippen MR) is 120 cm³/mol. The number of carbonyl (C=O) groups excluding carboxylic acids is 4. The van der Waals surface area contributed by atoms with Crippen LogP contribution in [0.2, 0.25) is 5.02 Å². The van der Waals surface area contributed by atoms with Crippen molar-refractivity contribution in [3.05, 3.63) is 69.3 Å². The van der Waals surface area contributed by atoms with E-state index in [0.29, 0.717) is 23.7 Å². The van der Waals surface area contributed by atoms with Gasteiger partial charge in [-0.1, -0.05) is 30.7 Å². The molecule has 3 amide bonds. The largest absolute Gasteiger partial charge is 0.462 e. The number of benzene rings is 2. The molecule has 0 aromatic heterocycles. The number of amides is 3. The Morgan fingerprint density at radius 2 is 1.91 bits per heavy atom. The van der Waals surface area contributed by atoms with E-state index < -0.39 is 35.4 Å². The standard InChI is InChI=1S/C22H18ClFN2O5S/c1-2-9-31-21(29)16-11-15(7-8-17(16)23)25-19(27)12-26-20(28)18(32-22(26)30)10-13-3-5-14(24)6-4-13/h3-8,10-11H,2,9,12H2,1H3,(H,25,27)/b18-10+. The zero-order chi connectivity index (χ0) is 23.3. The van der Waals surface area contributed by atoms with Crippen LogP contribution in [0.3, 0.4) is 0 Å². The first-order valence-corrected chi connectivity index (χ1v) is 10.8. The minimum atomic E-state index is -0.634. The van der Waals surface area contributed by atoms with E-state index >= 15 is 0 Å². The summed E-state index contributed by atoms with van der Waals surface area (Å²) < 4.78 is 18.1. The predicted octanol–water partition coefficient (Wildman–Crippen LogP) is 4.72. The van der Waals surface area contributed by atoms with Gasteiger partial charge in [0.2, 0.25) is 5.91 Å². The van der Waals surface area contributed by atoms with Crippen molar-refractivity contribution in [1.29, 1.82) is 0 Å². The first-order valence-electron chi connectivity index (χ1n) is 9.56. The second-order valence-electron chi connectivity index (χ2n) is 6.70. The van der Waals surface area contributed by atoms with E-state index in [9.17, 15) is 23.6 Å². The molecular weight excluding hydrogens is 459 g/mol. The lowest BCUT2D eigenvalue weighted by Crippen LogP contribution is -2.36. The lowest BCUT2D eigenvalue weighted by Gasteiger charge is -2.13. The number of rotatable bonds is 7. The highest BCUT2D eigenvalue weighted by Crippen LogP contribution is 2.32. The molecule has 3 rings (SSSR count). The quantitative estimate of drug-likeness (QED) is 0.459. The van der Waals surface area contributed by atoms with Crippen molar-refractivity contribution >= 4 is 58.1 Å². The number of carbonyl (C=O) groups is 4. The fourth-order valence-corrected chi connectivity index (χ4v) is 3.76. The summed E-state index contributed by atoms with van der Waals surface area (Å²) in [4.78, 5) is 50.2. The monoisotopic (exact) mass is 476 g/mol. The molecule has 1 heterocycles. The van der Waals surface area contributed by atoms with Gasteiger partial charge in [0.25, 0.3) is 11.1 Å². The number of nitrogens with one attached hydrogen (secondary N) is 1. The van der Waals surface area contributed by atoms with Gasteiger partial charge in [0.15, 0.2) is 0 Å². The summed E-state index contributed by atoms with van der Waals surface area (Å²) in [6, 6.07) is 9.70. The van der Waals surface area contributed by atoms with Crippen LogP contribution in [-0.4, -0.2) is 41.1 Å². The minimum Gasteiger partial charge on any atom is -0.462 e. The Morgan fingerprint density at radius 1 is 1.19 bits per heavy atom. The molecule has 1 aliphatic heterocycles. The van der Waals surface area contributed by atoms with Crippen LogP contribution >= 0.6 is 23.4 Å². The second kappa shape index (κ2) is 10.4. The SMILES string of the molecule is CCCOC(=O)c1cc(NC(=O)CN2C(=O)S/C(=C/c3ccc(F)cc3)C2=O)ccc1Cl. The molecule has 7 nitrogen and oxygen atoms in total. The first-order chi connectivity index (χ1) is 15.3. The number of hydrogen-bond donors (Lipinski definition) is 1. The van der Waals surface area contributed by atoms with E-state index in [0.717, 1.165) is 4.90 Å². The Kier molecular flexibility index (Phi) is 7.66. The Labute approximate surface area is 192 Å². The topological polar surface area (TPSA) is 92.8 Å². The summed E-state index contributed by atoms with van der Waals surface area (Å²) in [5.41, 5.74) is 0.896. The number of imide groups is 1. The van der Waals surface area contributed by atoms with Gasteiger partial charge >= 0.3 is 5.97 Å². The molecule has 2 aromatic rings. The second-order valence-corrected chi connectivity index (χ2v) is 8.10. The fraction of sp³-hybridized carbons (Fsp3) is 0.182. The molecule has 1 fully saturated rings. The van der Waals surface area contributed by atoms with Gasteiger partial charge < -0.3 is 10.1 Å². The third kappa shape index (κ3) is 5.74. The molecule has 166 valence electrons. The van der Waals surface area contributed by atoms with E-state index in [1.165, 1.54) is 48.5 Å². The summed E-state index contributed by atoms with van der Waals surface area (Å²) >= 11 is 6.72. The van der Waals surface area contributed by atoms with Crippen molar-refractivity contribution in [1.82, 2.24) is 4.90 Å². The molecule has 32 heavy (non-hydrogen) atoms. The molecular formula is C22H18ClFN2O5S. The molecule has 1 N–H and O–H groups in total. The van der Waals surface area contributed by atoms with Crippen LogP contribution in [0.4, 0.5) is 14.9 Å². The van der Waals surface area contributed by atoms with Crippen LogP contribution in [0.15, 0.2) is 47.4 Å². The molecule has 10 heteroatoms. The van der Waals surface area contributed by atoms with Crippen molar-refractivity contribution in [2.75, 3.05) is 18.5 Å². The Morgan fingerprint density at radius 3 is 2.59 bits per heavy atom. The molecule has 0 bridgehead atoms. The molecule has 1 aliphatic rings. The van der Waals surface area contributed by atoms with Gasteiger partial charge in [-0.25, -0.2) is 9.18 Å². The molecule has 1 saturated heterocycles. The summed E-state index contributed by atoms with van der Waals surface area (Å²) in [6.45, 7) is 1.57. The van der Waals surface area contributed by atoms with E-state index in [2.05, 4.69) is 5.32 Å². The fourth-order valence-electron chi connectivity index (χ4n) is 2.72. The maximum Gasteiger partial charge on any atom is 0.339 e. The number of esters is 1. The molecule has 0 unspecified atom stereocenters. The van der Waals surface area contributed by atoms with Crippen LogP contribution in [0.1, 0.15) is 29.3 Å². The Balaban J connectivity index is 1.67. The van der Waals surface area contributed by atoms with Crippen LogP contribution in [-0.2, 0) is 14.3 Å². The third-order valence-corrected chi connectivity index (χ3v) is 5.49. The summed E-state index contributed by atoms with van der Waals surface area (Å²) in [5.74, 6) is -2.30. The molecule has 0 radical (unpaired) electrons. The van der Waals surface area contributed by atoms with Crippen molar-refractivity contribution in [2.45, 2.75) is 13.3 Å². The van der Waals surface area contributed by atoms with Gasteiger partial charge in [0.05, 0.1) is 22.1 Å². The number of hydrogen-bond acceptors (Lipinski definition) is 6. The maximum absolute atomic E-state index is 13.0. The summed E-state index contributed by atoms with van der Waals surface area (Å²) in [7, 11) is 0. The molecule has 2 aromatic carbocycles. The summed E-state index contributed by atoms with van der Waals surface area (Å²) in [6.07, 6.45) is 2.10. The van der Waals surface area contributed by atoms with Crippen molar-refractivity contribution < 1.29 is 28.3 Å². The molecule has 0 saturated carbocycles. The smallest absolute Gasteiger partial charge is 0.339 e. The normalized spacial score (nSPS) is 14.7. The molecule has 0 aliphatic carbocycles.